The standard InChI is InChI=1S/C20H20N2O2S/c1-3-15-8-10-16(11-9-15)17-13-25-20(21-17)22-19(23)12-24-18-7-5-4-6-14(18)2/h4-11,13H,3,12H2,1-2H3,(H,21,22,23). The minimum Gasteiger partial charge on any atom is -0.483 e. The van der Waals surface area contributed by atoms with E-state index in [1.165, 1.54) is 16.9 Å². The second kappa shape index (κ2) is 7.94. The molecule has 0 saturated carbocycles. The Morgan fingerprint density at radius 3 is 2.64 bits per heavy atom. The summed E-state index contributed by atoms with van der Waals surface area (Å²) >= 11 is 1.41. The van der Waals surface area contributed by atoms with Crippen LogP contribution < -0.4 is 10.1 Å². The number of hydrogen-bond donors (Lipinski definition) is 1. The molecule has 0 aliphatic carbocycles. The number of rotatable bonds is 6. The second-order valence-electron chi connectivity index (χ2n) is 5.69. The highest BCUT2D eigenvalue weighted by Crippen LogP contribution is 2.25. The first-order chi connectivity index (χ1) is 12.2. The van der Waals surface area contributed by atoms with Crippen molar-refractivity contribution >= 4 is 22.4 Å². The number of benzene rings is 2. The highest BCUT2D eigenvalue weighted by molar-refractivity contribution is 7.14. The maximum absolute atomic E-state index is 12.1. The normalized spacial score (nSPS) is 10.5. The molecule has 3 rings (SSSR count). The smallest absolute Gasteiger partial charge is 0.264 e. The summed E-state index contributed by atoms with van der Waals surface area (Å²) in [5.41, 5.74) is 4.20. The molecule has 0 aliphatic rings. The first-order valence-electron chi connectivity index (χ1n) is 8.19. The molecule has 0 spiro atoms. The molecule has 25 heavy (non-hydrogen) atoms. The highest BCUT2D eigenvalue weighted by Gasteiger charge is 2.09. The Labute approximate surface area is 151 Å². The van der Waals surface area contributed by atoms with Crippen molar-refractivity contribution in [1.29, 1.82) is 0 Å². The Hall–Kier alpha value is -2.66. The molecule has 1 amide bonds. The average molecular weight is 352 g/mol. The van der Waals surface area contributed by atoms with Crippen molar-refractivity contribution in [2.24, 2.45) is 0 Å². The van der Waals surface area contributed by atoms with Gasteiger partial charge in [-0.1, -0.05) is 49.4 Å². The lowest BCUT2D eigenvalue weighted by Gasteiger charge is -2.08. The van der Waals surface area contributed by atoms with E-state index in [0.717, 1.165) is 23.2 Å². The number of carbonyl (C=O) groups is 1. The van der Waals surface area contributed by atoms with E-state index < -0.39 is 0 Å². The van der Waals surface area contributed by atoms with Crippen LogP contribution in [0, 0.1) is 6.92 Å². The third-order valence-electron chi connectivity index (χ3n) is 3.86. The summed E-state index contributed by atoms with van der Waals surface area (Å²) < 4.78 is 5.55. The molecule has 1 N–H and O–H groups in total. The number of hydrogen-bond acceptors (Lipinski definition) is 4. The number of anilines is 1. The van der Waals surface area contributed by atoms with Crippen LogP contribution >= 0.6 is 11.3 Å². The molecule has 1 aromatic heterocycles. The van der Waals surface area contributed by atoms with Gasteiger partial charge in [0.15, 0.2) is 11.7 Å². The van der Waals surface area contributed by atoms with Crippen LogP contribution in [0.1, 0.15) is 18.1 Å². The van der Waals surface area contributed by atoms with E-state index in [9.17, 15) is 4.79 Å². The quantitative estimate of drug-likeness (QED) is 0.700. The van der Waals surface area contributed by atoms with E-state index in [4.69, 9.17) is 4.74 Å². The van der Waals surface area contributed by atoms with Gasteiger partial charge in [-0.05, 0) is 30.5 Å². The number of para-hydroxylation sites is 1. The van der Waals surface area contributed by atoms with Crippen LogP contribution in [0.4, 0.5) is 5.13 Å². The number of thiazole rings is 1. The Kier molecular flexibility index (Phi) is 5.46. The van der Waals surface area contributed by atoms with Crippen LogP contribution in [0.2, 0.25) is 0 Å². The van der Waals surface area contributed by atoms with Gasteiger partial charge in [-0.25, -0.2) is 4.98 Å². The third kappa shape index (κ3) is 4.45. The Bertz CT molecular complexity index is 856. The van der Waals surface area contributed by atoms with Crippen LogP contribution in [0.5, 0.6) is 5.75 Å². The molecule has 5 heteroatoms. The van der Waals surface area contributed by atoms with Crippen molar-refractivity contribution in [3.05, 3.63) is 65.0 Å². The van der Waals surface area contributed by atoms with Gasteiger partial charge in [0, 0.05) is 10.9 Å². The minimum atomic E-state index is -0.217. The first kappa shape index (κ1) is 17.2. The molecule has 0 bridgehead atoms. The van der Waals surface area contributed by atoms with Crippen molar-refractivity contribution < 1.29 is 9.53 Å². The molecule has 1 heterocycles. The number of aromatic nitrogens is 1. The lowest BCUT2D eigenvalue weighted by Crippen LogP contribution is -2.20. The molecule has 0 radical (unpaired) electrons. The molecule has 0 atom stereocenters. The molecule has 3 aromatic rings. The molecule has 0 saturated heterocycles. The van der Waals surface area contributed by atoms with Gasteiger partial charge in [-0.2, -0.15) is 0 Å². The zero-order valence-corrected chi connectivity index (χ0v) is 15.1. The predicted octanol–water partition coefficient (Wildman–Crippen LogP) is 4.70. The topological polar surface area (TPSA) is 51.2 Å². The number of nitrogens with zero attached hydrogens (tertiary/aromatic N) is 1. The number of amides is 1. The SMILES string of the molecule is CCc1ccc(-c2csc(NC(=O)COc3ccccc3C)n2)cc1. The van der Waals surface area contributed by atoms with Gasteiger partial charge in [-0.3, -0.25) is 10.1 Å². The van der Waals surface area contributed by atoms with Crippen molar-refractivity contribution in [1.82, 2.24) is 4.98 Å². The summed E-state index contributed by atoms with van der Waals surface area (Å²) in [5.74, 6) is 0.499. The van der Waals surface area contributed by atoms with E-state index >= 15 is 0 Å². The summed E-state index contributed by atoms with van der Waals surface area (Å²) in [6.45, 7) is 4.04. The van der Waals surface area contributed by atoms with Gasteiger partial charge in [0.05, 0.1) is 5.69 Å². The zero-order valence-electron chi connectivity index (χ0n) is 14.3. The summed E-state index contributed by atoms with van der Waals surface area (Å²) in [6.07, 6.45) is 1.01. The zero-order chi connectivity index (χ0) is 17.6. The van der Waals surface area contributed by atoms with Gasteiger partial charge in [0.25, 0.3) is 5.91 Å². The van der Waals surface area contributed by atoms with E-state index in [1.807, 2.05) is 36.6 Å². The maximum Gasteiger partial charge on any atom is 0.264 e. The Morgan fingerprint density at radius 2 is 1.92 bits per heavy atom. The van der Waals surface area contributed by atoms with Crippen molar-refractivity contribution in [3.8, 4) is 17.0 Å². The lowest BCUT2D eigenvalue weighted by atomic mass is 10.1. The van der Waals surface area contributed by atoms with Gasteiger partial charge in [0.1, 0.15) is 5.75 Å². The van der Waals surface area contributed by atoms with E-state index in [2.05, 4.69) is 41.5 Å². The monoisotopic (exact) mass is 352 g/mol. The van der Waals surface area contributed by atoms with E-state index in [0.29, 0.717) is 10.9 Å². The van der Waals surface area contributed by atoms with Gasteiger partial charge in [-0.15, -0.1) is 11.3 Å². The van der Waals surface area contributed by atoms with Crippen LogP contribution in [0.25, 0.3) is 11.3 Å². The largest absolute Gasteiger partial charge is 0.483 e. The number of nitrogens with one attached hydrogen (secondary N) is 1. The predicted molar refractivity (Wildman–Crippen MR) is 102 cm³/mol. The highest BCUT2D eigenvalue weighted by atomic mass is 32.1. The fourth-order valence-electron chi connectivity index (χ4n) is 2.39. The number of aryl methyl sites for hydroxylation is 2. The maximum atomic E-state index is 12.1. The van der Waals surface area contributed by atoms with Crippen LogP contribution in [-0.4, -0.2) is 17.5 Å². The molecule has 2 aromatic carbocycles. The van der Waals surface area contributed by atoms with Crippen molar-refractivity contribution in [2.75, 3.05) is 11.9 Å². The van der Waals surface area contributed by atoms with Crippen LogP contribution in [0.3, 0.4) is 0 Å². The molecule has 0 fully saturated rings. The van der Waals surface area contributed by atoms with Gasteiger partial charge in [0.2, 0.25) is 0 Å². The Balaban J connectivity index is 1.59. The molecule has 4 nitrogen and oxygen atoms in total. The Morgan fingerprint density at radius 1 is 1.16 bits per heavy atom. The molecule has 0 aliphatic heterocycles. The molecular weight excluding hydrogens is 332 g/mol. The minimum absolute atomic E-state index is 0.0367. The number of ether oxygens (including phenoxy) is 1. The van der Waals surface area contributed by atoms with Crippen LogP contribution in [-0.2, 0) is 11.2 Å². The number of carbonyl (C=O) groups excluding carboxylic acids is 1. The summed E-state index contributed by atoms with van der Waals surface area (Å²) in [7, 11) is 0. The van der Waals surface area contributed by atoms with E-state index in [1.54, 1.807) is 0 Å². The lowest BCUT2D eigenvalue weighted by molar-refractivity contribution is -0.118. The van der Waals surface area contributed by atoms with Gasteiger partial charge >= 0.3 is 0 Å². The van der Waals surface area contributed by atoms with Crippen molar-refractivity contribution in [3.63, 3.8) is 0 Å². The van der Waals surface area contributed by atoms with Gasteiger partial charge < -0.3 is 4.74 Å². The fourth-order valence-corrected chi connectivity index (χ4v) is 3.13. The van der Waals surface area contributed by atoms with Crippen LogP contribution in [0.15, 0.2) is 53.9 Å². The summed E-state index contributed by atoms with van der Waals surface area (Å²) in [6, 6.07) is 15.9. The van der Waals surface area contributed by atoms with E-state index in [-0.39, 0.29) is 12.5 Å². The second-order valence-corrected chi connectivity index (χ2v) is 6.55. The summed E-state index contributed by atoms with van der Waals surface area (Å²) in [5, 5.41) is 5.31. The summed E-state index contributed by atoms with van der Waals surface area (Å²) in [4.78, 5) is 16.5. The molecule has 0 unspecified atom stereocenters. The fraction of sp³-hybridized carbons (Fsp3) is 0.200. The average Bonchev–Trinajstić information content (AvgIpc) is 3.09. The molecular formula is C20H20N2O2S. The molecule has 128 valence electrons. The first-order valence-corrected chi connectivity index (χ1v) is 9.07. The third-order valence-corrected chi connectivity index (χ3v) is 4.62. The van der Waals surface area contributed by atoms with Crippen molar-refractivity contribution in [2.45, 2.75) is 20.3 Å².